The molecule has 2 rings (SSSR count). The Balaban J connectivity index is 1.97. The first-order valence-corrected chi connectivity index (χ1v) is 9.95. The third-order valence-corrected chi connectivity index (χ3v) is 5.42. The molecule has 1 fully saturated rings. The lowest BCUT2D eigenvalue weighted by Gasteiger charge is -2.23. The fraction of sp³-hybridized carbons (Fsp3) is 0.667. The number of rotatable bonds is 7. The lowest BCUT2D eigenvalue weighted by atomic mass is 10.2. The lowest BCUT2D eigenvalue weighted by Crippen LogP contribution is -2.45. The van der Waals surface area contributed by atoms with Crippen LogP contribution in [0.5, 0.6) is 0 Å². The third-order valence-electron chi connectivity index (χ3n) is 4.45. The van der Waals surface area contributed by atoms with Crippen molar-refractivity contribution in [1.82, 2.24) is 20.4 Å². The SMILES string of the molecule is CCNC(=NCC(c1cccs1)N(C)C)NC1CCN(C(=O)CC)C1. The average molecular weight is 366 g/mol. The van der Waals surface area contributed by atoms with Gasteiger partial charge in [-0.15, -0.1) is 11.3 Å². The summed E-state index contributed by atoms with van der Waals surface area (Å²) in [5.74, 6) is 1.07. The second-order valence-corrected chi connectivity index (χ2v) is 7.52. The highest BCUT2D eigenvalue weighted by atomic mass is 32.1. The third kappa shape index (κ3) is 5.71. The van der Waals surface area contributed by atoms with Gasteiger partial charge in [-0.3, -0.25) is 9.79 Å². The summed E-state index contributed by atoms with van der Waals surface area (Å²) in [7, 11) is 4.18. The van der Waals surface area contributed by atoms with Gasteiger partial charge in [0.05, 0.1) is 12.6 Å². The Hall–Kier alpha value is -1.60. The summed E-state index contributed by atoms with van der Waals surface area (Å²) < 4.78 is 0. The molecule has 2 heterocycles. The molecule has 0 aromatic carbocycles. The van der Waals surface area contributed by atoms with Crippen molar-refractivity contribution in [2.75, 3.05) is 40.3 Å². The summed E-state index contributed by atoms with van der Waals surface area (Å²) >= 11 is 1.77. The first-order chi connectivity index (χ1) is 12.0. The molecule has 1 aliphatic heterocycles. The predicted octanol–water partition coefficient (Wildman–Crippen LogP) is 1.92. The van der Waals surface area contributed by atoms with Crippen LogP contribution in [0.4, 0.5) is 0 Å². The summed E-state index contributed by atoms with van der Waals surface area (Å²) in [5, 5.41) is 8.93. The van der Waals surface area contributed by atoms with Crippen LogP contribution in [-0.4, -0.2) is 68.0 Å². The zero-order chi connectivity index (χ0) is 18.2. The fourth-order valence-corrected chi connectivity index (χ4v) is 3.92. The number of amides is 1. The van der Waals surface area contributed by atoms with E-state index in [-0.39, 0.29) is 18.0 Å². The molecular formula is C18H31N5OS. The largest absolute Gasteiger partial charge is 0.357 e. The molecule has 7 heteroatoms. The van der Waals surface area contributed by atoms with E-state index in [4.69, 9.17) is 4.99 Å². The van der Waals surface area contributed by atoms with E-state index in [1.807, 2.05) is 11.8 Å². The van der Waals surface area contributed by atoms with Gasteiger partial charge in [0.2, 0.25) is 5.91 Å². The highest BCUT2D eigenvalue weighted by Crippen LogP contribution is 2.23. The Labute approximate surface area is 155 Å². The van der Waals surface area contributed by atoms with Gasteiger partial charge in [-0.05, 0) is 38.9 Å². The van der Waals surface area contributed by atoms with Crippen LogP contribution in [0.2, 0.25) is 0 Å². The van der Waals surface area contributed by atoms with Crippen LogP contribution in [0.25, 0.3) is 0 Å². The lowest BCUT2D eigenvalue weighted by molar-refractivity contribution is -0.129. The Morgan fingerprint density at radius 3 is 2.88 bits per heavy atom. The van der Waals surface area contributed by atoms with Crippen molar-refractivity contribution in [1.29, 1.82) is 0 Å². The van der Waals surface area contributed by atoms with Crippen LogP contribution >= 0.6 is 11.3 Å². The van der Waals surface area contributed by atoms with Gasteiger partial charge in [-0.1, -0.05) is 13.0 Å². The number of hydrogen-bond acceptors (Lipinski definition) is 4. The minimum absolute atomic E-state index is 0.233. The molecule has 2 unspecified atom stereocenters. The Bertz CT molecular complexity index is 558. The van der Waals surface area contributed by atoms with Crippen LogP contribution < -0.4 is 10.6 Å². The van der Waals surface area contributed by atoms with E-state index in [1.54, 1.807) is 11.3 Å². The van der Waals surface area contributed by atoms with Crippen molar-refractivity contribution in [2.45, 2.75) is 38.8 Å². The number of likely N-dealkylation sites (tertiary alicyclic amines) is 1. The maximum Gasteiger partial charge on any atom is 0.222 e. The van der Waals surface area contributed by atoms with E-state index in [9.17, 15) is 4.79 Å². The van der Waals surface area contributed by atoms with Crippen molar-refractivity contribution in [3.05, 3.63) is 22.4 Å². The molecular weight excluding hydrogens is 334 g/mol. The summed E-state index contributed by atoms with van der Waals surface area (Å²) in [6.45, 7) is 7.11. The number of carbonyl (C=O) groups excluding carboxylic acids is 1. The molecule has 1 aliphatic rings. The second-order valence-electron chi connectivity index (χ2n) is 6.54. The molecule has 0 radical (unpaired) electrons. The Kier molecular flexibility index (Phi) is 7.71. The van der Waals surface area contributed by atoms with Crippen LogP contribution in [0.3, 0.4) is 0 Å². The normalized spacial score (nSPS) is 19.3. The van der Waals surface area contributed by atoms with Gasteiger partial charge in [-0.2, -0.15) is 0 Å². The standard InChI is InChI=1S/C18H31N5OS/c1-5-17(24)23-10-9-14(13-23)21-18(19-6-2)20-12-15(22(3)4)16-8-7-11-25-16/h7-8,11,14-15H,5-6,9-10,12-13H2,1-4H3,(H2,19,20,21). The average Bonchev–Trinajstić information content (AvgIpc) is 3.26. The maximum atomic E-state index is 11.8. The quantitative estimate of drug-likeness (QED) is 0.572. The van der Waals surface area contributed by atoms with Crippen LogP contribution in [0.15, 0.2) is 22.5 Å². The Morgan fingerprint density at radius 2 is 2.28 bits per heavy atom. The molecule has 0 aliphatic carbocycles. The second kappa shape index (κ2) is 9.77. The predicted molar refractivity (Wildman–Crippen MR) is 105 cm³/mol. The minimum atomic E-state index is 0.233. The Morgan fingerprint density at radius 1 is 1.48 bits per heavy atom. The molecule has 25 heavy (non-hydrogen) atoms. The number of nitrogens with zero attached hydrogens (tertiary/aromatic N) is 3. The number of likely N-dealkylation sites (N-methyl/N-ethyl adjacent to an activating group) is 1. The molecule has 1 aromatic rings. The van der Waals surface area contributed by atoms with Crippen LogP contribution in [0.1, 0.15) is 37.6 Å². The molecule has 140 valence electrons. The van der Waals surface area contributed by atoms with Crippen molar-refractivity contribution in [2.24, 2.45) is 4.99 Å². The summed E-state index contributed by atoms with van der Waals surface area (Å²) in [4.78, 5) is 22.1. The van der Waals surface area contributed by atoms with Crippen LogP contribution in [0, 0.1) is 0 Å². The monoisotopic (exact) mass is 365 g/mol. The van der Waals surface area contributed by atoms with Crippen molar-refractivity contribution >= 4 is 23.2 Å². The first-order valence-electron chi connectivity index (χ1n) is 9.07. The van der Waals surface area contributed by atoms with E-state index in [0.29, 0.717) is 13.0 Å². The fourth-order valence-electron chi connectivity index (χ4n) is 3.01. The summed E-state index contributed by atoms with van der Waals surface area (Å²) in [6, 6.07) is 4.79. The number of aliphatic imine (C=N–C) groups is 1. The number of nitrogens with one attached hydrogen (secondary N) is 2. The van der Waals surface area contributed by atoms with Crippen molar-refractivity contribution in [3.8, 4) is 0 Å². The zero-order valence-corrected chi connectivity index (χ0v) is 16.6. The zero-order valence-electron chi connectivity index (χ0n) is 15.8. The molecule has 0 bridgehead atoms. The molecule has 1 aromatic heterocycles. The summed E-state index contributed by atoms with van der Waals surface area (Å²) in [5.41, 5.74) is 0. The van der Waals surface area contributed by atoms with E-state index >= 15 is 0 Å². The molecule has 1 saturated heterocycles. The van der Waals surface area contributed by atoms with Crippen molar-refractivity contribution < 1.29 is 4.79 Å². The maximum absolute atomic E-state index is 11.8. The summed E-state index contributed by atoms with van der Waals surface area (Å²) in [6.07, 6.45) is 1.55. The van der Waals surface area contributed by atoms with E-state index in [0.717, 1.165) is 32.0 Å². The van der Waals surface area contributed by atoms with Gasteiger partial charge in [0, 0.05) is 37.0 Å². The smallest absolute Gasteiger partial charge is 0.222 e. The number of guanidine groups is 1. The van der Waals surface area contributed by atoms with E-state index < -0.39 is 0 Å². The van der Waals surface area contributed by atoms with Gasteiger partial charge in [0.1, 0.15) is 0 Å². The number of hydrogen-bond donors (Lipinski definition) is 2. The molecule has 2 N–H and O–H groups in total. The topological polar surface area (TPSA) is 60.0 Å². The van der Waals surface area contributed by atoms with Crippen molar-refractivity contribution in [3.63, 3.8) is 0 Å². The molecule has 1 amide bonds. The van der Waals surface area contributed by atoms with Gasteiger partial charge in [0.25, 0.3) is 0 Å². The molecule has 2 atom stereocenters. The highest BCUT2D eigenvalue weighted by Gasteiger charge is 2.26. The molecule has 0 spiro atoms. The van der Waals surface area contributed by atoms with E-state index in [1.165, 1.54) is 4.88 Å². The van der Waals surface area contributed by atoms with Gasteiger partial charge >= 0.3 is 0 Å². The first kappa shape index (κ1) is 19.7. The molecule has 6 nitrogen and oxygen atoms in total. The molecule has 0 saturated carbocycles. The minimum Gasteiger partial charge on any atom is -0.357 e. The van der Waals surface area contributed by atoms with Gasteiger partial charge < -0.3 is 20.4 Å². The van der Waals surface area contributed by atoms with Gasteiger partial charge in [-0.25, -0.2) is 0 Å². The number of carbonyl (C=O) groups is 1. The highest BCUT2D eigenvalue weighted by molar-refractivity contribution is 7.10. The number of thiophene rings is 1. The van der Waals surface area contributed by atoms with Gasteiger partial charge in [0.15, 0.2) is 5.96 Å². The van der Waals surface area contributed by atoms with Crippen LogP contribution in [-0.2, 0) is 4.79 Å². The van der Waals surface area contributed by atoms with E-state index in [2.05, 4.69) is 54.1 Å².